The van der Waals surface area contributed by atoms with Gasteiger partial charge in [-0.1, -0.05) is 20.8 Å². The fraction of sp³-hybridized carbons (Fsp3) is 0.667. The van der Waals surface area contributed by atoms with E-state index in [0.717, 1.165) is 5.69 Å². The monoisotopic (exact) mass is 442 g/mol. The predicted molar refractivity (Wildman–Crippen MR) is 116 cm³/mol. The van der Waals surface area contributed by atoms with Crippen LogP contribution in [0.2, 0.25) is 18.1 Å². The zero-order valence-corrected chi connectivity index (χ0v) is 20.1. The zero-order valence-electron chi connectivity index (χ0n) is 19.1. The molecule has 0 unspecified atom stereocenters. The molecule has 0 amide bonds. The van der Waals surface area contributed by atoms with Crippen molar-refractivity contribution in [3.8, 4) is 6.07 Å². The molecule has 2 aromatic heterocycles. The Morgan fingerprint density at radius 2 is 2.03 bits per heavy atom. The second-order valence-corrected chi connectivity index (χ2v) is 15.6. The van der Waals surface area contributed by atoms with Crippen LogP contribution in [0.1, 0.15) is 46.4 Å². The number of nitrogen functional groups attached to an aromatic ring is 1. The van der Waals surface area contributed by atoms with Crippen molar-refractivity contribution in [3.63, 3.8) is 0 Å². The molecule has 5 atom stereocenters. The maximum absolute atomic E-state index is 10.4. The van der Waals surface area contributed by atoms with Crippen LogP contribution in [0.5, 0.6) is 0 Å². The lowest BCUT2D eigenvalue weighted by Crippen LogP contribution is -2.47. The minimum Gasteiger partial charge on any atom is -0.408 e. The van der Waals surface area contributed by atoms with Gasteiger partial charge < -0.3 is 19.6 Å². The average Bonchev–Trinajstić information content (AvgIpc) is 3.03. The molecule has 2 saturated heterocycles. The van der Waals surface area contributed by atoms with Gasteiger partial charge in [-0.25, -0.2) is 9.50 Å². The molecule has 1 spiro atoms. The Labute approximate surface area is 183 Å². The Morgan fingerprint density at radius 3 is 2.68 bits per heavy atom. The maximum atomic E-state index is 10.4. The number of nitrogens with two attached hydrogens (primary N) is 1. The third-order valence-electron chi connectivity index (χ3n) is 7.47. The van der Waals surface area contributed by atoms with Crippen LogP contribution in [-0.4, -0.2) is 52.1 Å². The summed E-state index contributed by atoms with van der Waals surface area (Å²) in [6.45, 7) is 14.7. The van der Waals surface area contributed by atoms with Crippen LogP contribution in [0.25, 0.3) is 5.52 Å². The Hall–Kier alpha value is -2.03. The lowest BCUT2D eigenvalue weighted by atomic mass is 10.0. The summed E-state index contributed by atoms with van der Waals surface area (Å²) in [5.74, 6) is -0.433. The van der Waals surface area contributed by atoms with Gasteiger partial charge in [-0.2, -0.15) is 10.4 Å². The average molecular weight is 443 g/mol. The van der Waals surface area contributed by atoms with Crippen LogP contribution in [0.4, 0.5) is 5.82 Å². The van der Waals surface area contributed by atoms with Gasteiger partial charge in [-0.15, -0.1) is 0 Å². The molecule has 3 N–H and O–H groups in total. The summed E-state index contributed by atoms with van der Waals surface area (Å²) in [5.41, 5.74) is 5.71. The van der Waals surface area contributed by atoms with E-state index in [1.54, 1.807) is 4.52 Å². The number of hydrogen-bond donors (Lipinski definition) is 2. The highest BCUT2D eigenvalue weighted by atomic mass is 28.4. The lowest BCUT2D eigenvalue weighted by molar-refractivity contribution is -0.159. The molecule has 4 heterocycles. The van der Waals surface area contributed by atoms with E-state index in [0.29, 0.717) is 11.3 Å². The van der Waals surface area contributed by atoms with Crippen LogP contribution in [0.3, 0.4) is 0 Å². The molecule has 1 saturated carbocycles. The minimum atomic E-state index is -2.15. The molecule has 5 rings (SSSR count). The third-order valence-corrected chi connectivity index (χ3v) is 11.9. The van der Waals surface area contributed by atoms with Crippen molar-refractivity contribution < 1.29 is 13.9 Å². The molecule has 3 fully saturated rings. The van der Waals surface area contributed by atoms with Gasteiger partial charge in [0.15, 0.2) is 31.1 Å². The van der Waals surface area contributed by atoms with Crippen molar-refractivity contribution in [3.05, 3.63) is 24.2 Å². The van der Waals surface area contributed by atoms with E-state index in [9.17, 15) is 5.26 Å². The third kappa shape index (κ3) is 2.49. The number of aromatic nitrogens is 3. The molecule has 0 bridgehead atoms. The molecule has 2 aliphatic heterocycles. The molecule has 1 aliphatic carbocycles. The first-order valence-corrected chi connectivity index (χ1v) is 13.5. The van der Waals surface area contributed by atoms with Crippen LogP contribution >= 0.6 is 0 Å². The van der Waals surface area contributed by atoms with Gasteiger partial charge in [-0.3, -0.25) is 5.32 Å². The molecule has 2 aromatic rings. The normalized spacial score (nSPS) is 36.3. The second kappa shape index (κ2) is 5.85. The molecule has 0 aromatic carbocycles. The Balaban J connectivity index is 1.58. The van der Waals surface area contributed by atoms with E-state index >= 15 is 0 Å². The fourth-order valence-corrected chi connectivity index (χ4v) is 6.21. The lowest BCUT2D eigenvalue weighted by Gasteiger charge is -2.37. The number of fused-ring (bicyclic) bond motifs is 1. The molecule has 0 radical (unpaired) electrons. The molecule has 3 aliphatic rings. The number of rotatable bonds is 3. The largest absolute Gasteiger partial charge is 0.408 e. The van der Waals surface area contributed by atoms with Crippen molar-refractivity contribution in [1.29, 1.82) is 5.26 Å². The van der Waals surface area contributed by atoms with E-state index in [-0.39, 0.29) is 11.1 Å². The second-order valence-electron chi connectivity index (χ2n) is 10.8. The van der Waals surface area contributed by atoms with Crippen LogP contribution in [0, 0.1) is 11.3 Å². The minimum absolute atomic E-state index is 0.00717. The van der Waals surface area contributed by atoms with Gasteiger partial charge in [-0.05, 0) is 44.1 Å². The van der Waals surface area contributed by atoms with Crippen LogP contribution in [0.15, 0.2) is 18.5 Å². The SMILES string of the molecule is CC1(C)O[C@H]2[C@H](c3ccc4c(N)ncnn34)N[C@]3(C#N)[C@@H](O[Si](C)(C)C(C)(C)C)[C@]23O1. The predicted octanol–water partition coefficient (Wildman–Crippen LogP) is 2.51. The van der Waals surface area contributed by atoms with E-state index in [2.05, 4.69) is 55.3 Å². The summed E-state index contributed by atoms with van der Waals surface area (Å²) in [4.78, 5) is 4.07. The number of nitrogens with one attached hydrogen (secondary N) is 1. The zero-order chi connectivity index (χ0) is 22.6. The van der Waals surface area contributed by atoms with Gasteiger partial charge in [0.1, 0.15) is 24.1 Å². The summed E-state index contributed by atoms with van der Waals surface area (Å²) >= 11 is 0. The fourth-order valence-electron chi connectivity index (χ4n) is 4.91. The highest BCUT2D eigenvalue weighted by Gasteiger charge is 2.93. The molecule has 10 heteroatoms. The highest BCUT2D eigenvalue weighted by Crippen LogP contribution is 2.69. The van der Waals surface area contributed by atoms with Gasteiger partial charge in [0.2, 0.25) is 0 Å². The number of nitriles is 1. The van der Waals surface area contributed by atoms with Gasteiger partial charge >= 0.3 is 0 Å². The van der Waals surface area contributed by atoms with Gasteiger partial charge in [0.25, 0.3) is 0 Å². The smallest absolute Gasteiger partial charge is 0.192 e. The molecular weight excluding hydrogens is 412 g/mol. The number of anilines is 1. The summed E-state index contributed by atoms with van der Waals surface area (Å²) in [6, 6.07) is 6.02. The Morgan fingerprint density at radius 1 is 1.32 bits per heavy atom. The topological polar surface area (TPSA) is 120 Å². The molecular formula is C21H30N6O3Si. The summed E-state index contributed by atoms with van der Waals surface area (Å²) < 4.78 is 21.4. The summed E-state index contributed by atoms with van der Waals surface area (Å²) in [6.07, 6.45) is 0.613. The first-order valence-electron chi connectivity index (χ1n) is 10.6. The first kappa shape index (κ1) is 20.8. The maximum Gasteiger partial charge on any atom is 0.192 e. The summed E-state index contributed by atoms with van der Waals surface area (Å²) in [7, 11) is -2.15. The van der Waals surface area contributed by atoms with Gasteiger partial charge in [0, 0.05) is 0 Å². The first-order chi connectivity index (χ1) is 14.3. The number of nitrogens with zero attached hydrogens (tertiary/aromatic N) is 4. The van der Waals surface area contributed by atoms with Crippen molar-refractivity contribution in [2.24, 2.45) is 0 Å². The molecule has 9 nitrogen and oxygen atoms in total. The number of piperidine rings is 1. The standard InChI is InChI=1S/C21H30N6O3Si/c1-18(2,3)31(6,7)29-17-20(10-22)21(17)15(28-19(4,5)30-21)14(26-20)12-8-9-13-16(23)24-11-25-27(12)13/h8-9,11,14-15,17,26H,1-7H3,(H2,23,24,25)/t14-,15-,17+,20+,21+/m0/s1. The van der Waals surface area contributed by atoms with Crippen LogP contribution < -0.4 is 11.1 Å². The van der Waals surface area contributed by atoms with Crippen molar-refractivity contribution in [2.45, 2.75) is 87.9 Å². The Bertz CT molecular complexity index is 1120. The van der Waals surface area contributed by atoms with Crippen molar-refractivity contribution in [1.82, 2.24) is 19.9 Å². The van der Waals surface area contributed by atoms with Crippen molar-refractivity contribution in [2.75, 3.05) is 5.73 Å². The van der Waals surface area contributed by atoms with Crippen LogP contribution in [-0.2, 0) is 13.9 Å². The Kier molecular flexibility index (Phi) is 3.93. The molecule has 31 heavy (non-hydrogen) atoms. The summed E-state index contributed by atoms with van der Waals surface area (Å²) in [5, 5.41) is 18.3. The van der Waals surface area contributed by atoms with Gasteiger partial charge in [0.05, 0.1) is 17.8 Å². The van der Waals surface area contributed by atoms with Crippen molar-refractivity contribution >= 4 is 19.7 Å². The highest BCUT2D eigenvalue weighted by molar-refractivity contribution is 6.74. The quantitative estimate of drug-likeness (QED) is 0.696. The van der Waals surface area contributed by atoms with E-state index in [1.165, 1.54) is 6.33 Å². The number of hydrogen-bond acceptors (Lipinski definition) is 8. The van der Waals surface area contributed by atoms with E-state index in [4.69, 9.17) is 19.6 Å². The number of ether oxygens (including phenoxy) is 2. The van der Waals surface area contributed by atoms with E-state index < -0.39 is 37.5 Å². The van der Waals surface area contributed by atoms with E-state index in [1.807, 2.05) is 26.0 Å². The molecule has 166 valence electrons.